The van der Waals surface area contributed by atoms with Crippen molar-refractivity contribution in [2.75, 3.05) is 7.11 Å². The largest absolute Gasteiger partial charge is 0.497 e. The van der Waals surface area contributed by atoms with Crippen LogP contribution >= 0.6 is 0 Å². The third-order valence-corrected chi connectivity index (χ3v) is 1.98. The van der Waals surface area contributed by atoms with Crippen LogP contribution in [0.15, 0.2) is 29.8 Å². The van der Waals surface area contributed by atoms with Gasteiger partial charge in [0.25, 0.3) is 0 Å². The molecule has 80 valence electrons. The molecule has 4 nitrogen and oxygen atoms in total. The van der Waals surface area contributed by atoms with Gasteiger partial charge in [0.05, 0.1) is 24.8 Å². The van der Waals surface area contributed by atoms with Gasteiger partial charge in [0, 0.05) is 0 Å². The van der Waals surface area contributed by atoms with Crippen molar-refractivity contribution < 1.29 is 9.84 Å². The van der Waals surface area contributed by atoms with Crippen molar-refractivity contribution >= 4 is 6.08 Å². The van der Waals surface area contributed by atoms with Crippen LogP contribution < -0.4 is 4.74 Å². The first-order valence-electron chi connectivity index (χ1n) is 4.54. The van der Waals surface area contributed by atoms with E-state index in [0.29, 0.717) is 5.75 Å². The van der Waals surface area contributed by atoms with Gasteiger partial charge in [-0.25, -0.2) is 0 Å². The highest BCUT2D eigenvalue weighted by molar-refractivity contribution is 5.59. The summed E-state index contributed by atoms with van der Waals surface area (Å²) in [4.78, 5) is 0. The lowest BCUT2D eigenvalue weighted by molar-refractivity contribution is 0.271. The Labute approximate surface area is 93.6 Å². The fraction of sp³-hybridized carbons (Fsp3) is 0.167. The topological polar surface area (TPSA) is 77.0 Å². The highest BCUT2D eigenvalue weighted by Gasteiger charge is 2.08. The number of rotatable bonds is 3. The Balaban J connectivity index is 2.98. The number of hydrogen-bond donors (Lipinski definition) is 1. The maximum atomic E-state index is 9.20. The summed E-state index contributed by atoms with van der Waals surface area (Å²) in [6, 6.07) is 10.3. The predicted molar refractivity (Wildman–Crippen MR) is 58.2 cm³/mol. The van der Waals surface area contributed by atoms with Gasteiger partial charge in [0.2, 0.25) is 0 Å². The third kappa shape index (κ3) is 2.84. The Bertz CT molecular complexity index is 463. The molecule has 1 aromatic carbocycles. The second kappa shape index (κ2) is 5.55. The van der Waals surface area contributed by atoms with Gasteiger partial charge in [-0.15, -0.1) is 0 Å². The molecule has 0 aromatic heterocycles. The standard InChI is InChI=1S/C12H10N2O2/c1-16-11-4-2-9(3-5-11)6-10(7-13)12(15)8-14/h2-6,12,15H,1H3. The van der Waals surface area contributed by atoms with Crippen molar-refractivity contribution in [3.63, 3.8) is 0 Å². The molecule has 0 radical (unpaired) electrons. The number of nitriles is 2. The number of benzene rings is 1. The highest BCUT2D eigenvalue weighted by atomic mass is 16.5. The molecular formula is C12H10N2O2. The van der Waals surface area contributed by atoms with Crippen molar-refractivity contribution in [3.8, 4) is 17.9 Å². The van der Waals surface area contributed by atoms with Crippen LogP contribution in [0.4, 0.5) is 0 Å². The Morgan fingerprint density at radius 3 is 2.44 bits per heavy atom. The van der Waals surface area contributed by atoms with Crippen LogP contribution in [0.25, 0.3) is 6.08 Å². The fourth-order valence-corrected chi connectivity index (χ4v) is 1.12. The lowest BCUT2D eigenvalue weighted by atomic mass is 10.1. The zero-order valence-electron chi connectivity index (χ0n) is 8.71. The van der Waals surface area contributed by atoms with E-state index in [-0.39, 0.29) is 5.57 Å². The summed E-state index contributed by atoms with van der Waals surface area (Å²) in [7, 11) is 1.56. The van der Waals surface area contributed by atoms with E-state index in [4.69, 9.17) is 15.3 Å². The monoisotopic (exact) mass is 214 g/mol. The van der Waals surface area contributed by atoms with Crippen molar-refractivity contribution in [3.05, 3.63) is 35.4 Å². The molecule has 0 aliphatic carbocycles. The van der Waals surface area contributed by atoms with E-state index in [1.54, 1.807) is 43.5 Å². The van der Waals surface area contributed by atoms with Gasteiger partial charge in [-0.2, -0.15) is 10.5 Å². The second-order valence-electron chi connectivity index (χ2n) is 3.02. The summed E-state index contributed by atoms with van der Waals surface area (Å²) in [5.41, 5.74) is 0.749. The number of ether oxygens (including phenoxy) is 1. The van der Waals surface area contributed by atoms with E-state index >= 15 is 0 Å². The molecule has 0 saturated heterocycles. The Kier molecular flexibility index (Phi) is 4.08. The maximum absolute atomic E-state index is 9.20. The molecule has 1 N–H and O–H groups in total. The third-order valence-electron chi connectivity index (χ3n) is 1.98. The molecule has 0 spiro atoms. The second-order valence-corrected chi connectivity index (χ2v) is 3.02. The molecule has 0 aliphatic heterocycles. The number of aliphatic hydroxyl groups excluding tert-OH is 1. The molecule has 1 atom stereocenters. The van der Waals surface area contributed by atoms with Gasteiger partial charge in [0.1, 0.15) is 5.75 Å². The first kappa shape index (κ1) is 11.8. The van der Waals surface area contributed by atoms with Crippen molar-refractivity contribution in [1.29, 1.82) is 10.5 Å². The van der Waals surface area contributed by atoms with E-state index in [2.05, 4.69) is 0 Å². The Hall–Kier alpha value is -2.30. The SMILES string of the molecule is COc1ccc(C=C(C#N)C(O)C#N)cc1. The normalized spacial score (nSPS) is 12.4. The first-order chi connectivity index (χ1) is 7.71. The number of aliphatic hydroxyl groups is 1. The molecule has 0 fully saturated rings. The molecule has 0 heterocycles. The average molecular weight is 214 g/mol. The van der Waals surface area contributed by atoms with Crippen LogP contribution in [-0.2, 0) is 0 Å². The van der Waals surface area contributed by atoms with Crippen LogP contribution in [0.2, 0.25) is 0 Å². The minimum absolute atomic E-state index is 0.0210. The van der Waals surface area contributed by atoms with Gasteiger partial charge >= 0.3 is 0 Å². The number of methoxy groups -OCH3 is 1. The molecule has 0 amide bonds. The van der Waals surface area contributed by atoms with Crippen LogP contribution in [-0.4, -0.2) is 18.3 Å². The lowest BCUT2D eigenvalue weighted by Gasteiger charge is -2.01. The molecule has 4 heteroatoms. The molecule has 0 bridgehead atoms. The van der Waals surface area contributed by atoms with Gasteiger partial charge in [-0.3, -0.25) is 0 Å². The van der Waals surface area contributed by atoms with E-state index < -0.39 is 6.10 Å². The molecular weight excluding hydrogens is 204 g/mol. The smallest absolute Gasteiger partial charge is 0.175 e. The molecule has 1 rings (SSSR count). The minimum atomic E-state index is -1.38. The van der Waals surface area contributed by atoms with E-state index in [9.17, 15) is 5.11 Å². The average Bonchev–Trinajstić information content (AvgIpc) is 2.35. The lowest BCUT2D eigenvalue weighted by Crippen LogP contribution is -2.04. The summed E-state index contributed by atoms with van der Waals surface area (Å²) in [6.45, 7) is 0. The summed E-state index contributed by atoms with van der Waals surface area (Å²) in [6.07, 6.45) is 0.0833. The Morgan fingerprint density at radius 2 is 2.00 bits per heavy atom. The molecule has 1 unspecified atom stereocenters. The molecule has 0 aliphatic rings. The van der Waals surface area contributed by atoms with Crippen molar-refractivity contribution in [2.24, 2.45) is 0 Å². The van der Waals surface area contributed by atoms with E-state index in [0.717, 1.165) is 5.56 Å². The maximum Gasteiger partial charge on any atom is 0.175 e. The highest BCUT2D eigenvalue weighted by Crippen LogP contribution is 2.14. The fourth-order valence-electron chi connectivity index (χ4n) is 1.12. The van der Waals surface area contributed by atoms with Crippen LogP contribution in [0.3, 0.4) is 0 Å². The Morgan fingerprint density at radius 1 is 1.38 bits per heavy atom. The van der Waals surface area contributed by atoms with E-state index in [1.807, 2.05) is 0 Å². The summed E-state index contributed by atoms with van der Waals surface area (Å²) >= 11 is 0. The van der Waals surface area contributed by atoms with Gasteiger partial charge in [-0.1, -0.05) is 12.1 Å². The number of nitrogens with zero attached hydrogens (tertiary/aromatic N) is 2. The quantitative estimate of drug-likeness (QED) is 0.610. The minimum Gasteiger partial charge on any atom is -0.497 e. The van der Waals surface area contributed by atoms with Gasteiger partial charge in [-0.05, 0) is 23.8 Å². The summed E-state index contributed by atoms with van der Waals surface area (Å²) < 4.78 is 4.98. The summed E-state index contributed by atoms with van der Waals surface area (Å²) in [5.74, 6) is 0.705. The molecule has 0 saturated carbocycles. The zero-order valence-corrected chi connectivity index (χ0v) is 8.71. The van der Waals surface area contributed by atoms with Gasteiger partial charge < -0.3 is 9.84 Å². The number of hydrogen-bond acceptors (Lipinski definition) is 4. The molecule has 1 aromatic rings. The summed E-state index contributed by atoms with van der Waals surface area (Å²) in [5, 5.41) is 26.4. The van der Waals surface area contributed by atoms with Crippen LogP contribution in [0.5, 0.6) is 5.75 Å². The first-order valence-corrected chi connectivity index (χ1v) is 4.54. The van der Waals surface area contributed by atoms with Crippen molar-refractivity contribution in [1.82, 2.24) is 0 Å². The predicted octanol–water partition coefficient (Wildman–Crippen LogP) is 1.49. The zero-order chi connectivity index (χ0) is 12.0. The van der Waals surface area contributed by atoms with Crippen LogP contribution in [0, 0.1) is 22.7 Å². The van der Waals surface area contributed by atoms with Crippen LogP contribution in [0.1, 0.15) is 5.56 Å². The van der Waals surface area contributed by atoms with Crippen molar-refractivity contribution in [2.45, 2.75) is 6.10 Å². The van der Waals surface area contributed by atoms with Gasteiger partial charge in [0.15, 0.2) is 6.10 Å². The van der Waals surface area contributed by atoms with E-state index in [1.165, 1.54) is 6.08 Å². The molecule has 16 heavy (non-hydrogen) atoms.